The van der Waals surface area contributed by atoms with Crippen molar-refractivity contribution in [1.82, 2.24) is 9.78 Å². The first-order valence-electron chi connectivity index (χ1n) is 6.24. The molecule has 0 bridgehead atoms. The SMILES string of the molecule is Oc1cc(-c2cnn(CC(F)(F)F)c2)c2ccccc2c1. The minimum absolute atomic E-state index is 0.0623. The number of aromatic nitrogens is 2. The number of hydrogen-bond donors (Lipinski definition) is 1. The third kappa shape index (κ3) is 2.84. The number of nitrogens with zero attached hydrogens (tertiary/aromatic N) is 2. The minimum atomic E-state index is -4.32. The second-order valence-corrected chi connectivity index (χ2v) is 4.76. The molecule has 1 heterocycles. The number of phenolic OH excluding ortho intramolecular Hbond substituents is 1. The van der Waals surface area contributed by atoms with Gasteiger partial charge in [0.25, 0.3) is 0 Å². The van der Waals surface area contributed by atoms with E-state index in [1.165, 1.54) is 18.5 Å². The summed E-state index contributed by atoms with van der Waals surface area (Å²) in [4.78, 5) is 0. The Hall–Kier alpha value is -2.50. The maximum absolute atomic E-state index is 12.4. The highest BCUT2D eigenvalue weighted by atomic mass is 19.4. The summed E-state index contributed by atoms with van der Waals surface area (Å²) in [5.41, 5.74) is 1.19. The Morgan fingerprint density at radius 3 is 2.67 bits per heavy atom. The molecular weight excluding hydrogens is 281 g/mol. The summed E-state index contributed by atoms with van der Waals surface area (Å²) < 4.78 is 37.9. The van der Waals surface area contributed by atoms with Gasteiger partial charge in [0, 0.05) is 11.8 Å². The van der Waals surface area contributed by atoms with Crippen molar-refractivity contribution in [3.63, 3.8) is 0 Å². The fourth-order valence-corrected chi connectivity index (χ4v) is 2.31. The maximum Gasteiger partial charge on any atom is 0.408 e. The molecular formula is C15H11F3N2O. The number of rotatable bonds is 2. The van der Waals surface area contributed by atoms with Gasteiger partial charge in [0.15, 0.2) is 0 Å². The van der Waals surface area contributed by atoms with Crippen LogP contribution in [0.2, 0.25) is 0 Å². The van der Waals surface area contributed by atoms with Crippen molar-refractivity contribution in [2.75, 3.05) is 0 Å². The van der Waals surface area contributed by atoms with E-state index in [0.29, 0.717) is 11.1 Å². The standard InChI is InChI=1S/C15H11F3N2O/c16-15(17,18)9-20-8-11(7-19-20)14-6-12(21)5-10-3-1-2-4-13(10)14/h1-8,21H,9H2. The summed E-state index contributed by atoms with van der Waals surface area (Å²) in [6.45, 7) is -1.14. The lowest BCUT2D eigenvalue weighted by Crippen LogP contribution is -2.17. The summed E-state index contributed by atoms with van der Waals surface area (Å²) in [6.07, 6.45) is -1.62. The number of alkyl halides is 3. The van der Waals surface area contributed by atoms with Crippen LogP contribution in [0.5, 0.6) is 5.75 Å². The molecule has 0 atom stereocenters. The molecule has 21 heavy (non-hydrogen) atoms. The first kappa shape index (κ1) is 13.5. The van der Waals surface area contributed by atoms with Crippen LogP contribution in [0.4, 0.5) is 13.2 Å². The van der Waals surface area contributed by atoms with Crippen LogP contribution in [-0.4, -0.2) is 21.1 Å². The normalized spacial score (nSPS) is 12.0. The van der Waals surface area contributed by atoms with Crippen LogP contribution in [0.25, 0.3) is 21.9 Å². The molecule has 1 N–H and O–H groups in total. The van der Waals surface area contributed by atoms with E-state index in [-0.39, 0.29) is 5.75 Å². The van der Waals surface area contributed by atoms with Crippen LogP contribution in [0.15, 0.2) is 48.8 Å². The lowest BCUT2D eigenvalue weighted by molar-refractivity contribution is -0.142. The van der Waals surface area contributed by atoms with Gasteiger partial charge in [0.05, 0.1) is 6.20 Å². The van der Waals surface area contributed by atoms with Crippen molar-refractivity contribution in [2.45, 2.75) is 12.7 Å². The second kappa shape index (κ2) is 4.80. The smallest absolute Gasteiger partial charge is 0.408 e. The van der Waals surface area contributed by atoms with Gasteiger partial charge in [-0.2, -0.15) is 18.3 Å². The van der Waals surface area contributed by atoms with Gasteiger partial charge < -0.3 is 5.11 Å². The van der Waals surface area contributed by atoms with Gasteiger partial charge in [-0.15, -0.1) is 0 Å². The Morgan fingerprint density at radius 1 is 1.14 bits per heavy atom. The molecule has 0 aliphatic heterocycles. The van der Waals surface area contributed by atoms with E-state index >= 15 is 0 Å². The zero-order valence-corrected chi connectivity index (χ0v) is 10.8. The molecule has 0 amide bonds. The number of halogens is 3. The van der Waals surface area contributed by atoms with E-state index in [4.69, 9.17) is 0 Å². The van der Waals surface area contributed by atoms with Crippen molar-refractivity contribution < 1.29 is 18.3 Å². The molecule has 2 aromatic carbocycles. The molecule has 1 aromatic heterocycles. The van der Waals surface area contributed by atoms with Gasteiger partial charge in [0.2, 0.25) is 0 Å². The van der Waals surface area contributed by atoms with Crippen LogP contribution >= 0.6 is 0 Å². The number of hydrogen-bond acceptors (Lipinski definition) is 2. The minimum Gasteiger partial charge on any atom is -0.508 e. The number of phenols is 1. The topological polar surface area (TPSA) is 38.1 Å². The fraction of sp³-hybridized carbons (Fsp3) is 0.133. The molecule has 3 nitrogen and oxygen atoms in total. The Kier molecular flexibility index (Phi) is 3.08. The summed E-state index contributed by atoms with van der Waals surface area (Å²) in [5.74, 6) is 0.0623. The van der Waals surface area contributed by atoms with Crippen molar-refractivity contribution in [1.29, 1.82) is 0 Å². The van der Waals surface area contributed by atoms with E-state index < -0.39 is 12.7 Å². The molecule has 108 valence electrons. The molecule has 0 saturated carbocycles. The van der Waals surface area contributed by atoms with Gasteiger partial charge in [-0.3, -0.25) is 4.68 Å². The van der Waals surface area contributed by atoms with E-state index in [0.717, 1.165) is 15.5 Å². The monoisotopic (exact) mass is 292 g/mol. The Bertz CT molecular complexity index is 793. The van der Waals surface area contributed by atoms with Gasteiger partial charge in [-0.25, -0.2) is 0 Å². The average molecular weight is 292 g/mol. The predicted octanol–water partition coefficient (Wildman–Crippen LogP) is 3.97. The summed E-state index contributed by atoms with van der Waals surface area (Å²) >= 11 is 0. The van der Waals surface area contributed by atoms with Crippen molar-refractivity contribution in [3.05, 3.63) is 48.8 Å². The lowest BCUT2D eigenvalue weighted by Gasteiger charge is -2.07. The van der Waals surface area contributed by atoms with E-state index in [1.807, 2.05) is 24.3 Å². The van der Waals surface area contributed by atoms with Crippen molar-refractivity contribution in [3.8, 4) is 16.9 Å². The molecule has 6 heteroatoms. The van der Waals surface area contributed by atoms with E-state index in [2.05, 4.69) is 5.10 Å². The summed E-state index contributed by atoms with van der Waals surface area (Å²) in [6, 6.07) is 10.5. The van der Waals surface area contributed by atoms with Gasteiger partial charge in [-0.1, -0.05) is 24.3 Å². The number of benzene rings is 2. The molecule has 3 aromatic rings. The highest BCUT2D eigenvalue weighted by Gasteiger charge is 2.28. The Labute approximate surface area is 118 Å². The maximum atomic E-state index is 12.4. The van der Waals surface area contributed by atoms with Crippen LogP contribution in [0.3, 0.4) is 0 Å². The average Bonchev–Trinajstić information content (AvgIpc) is 2.83. The first-order valence-corrected chi connectivity index (χ1v) is 6.24. The van der Waals surface area contributed by atoms with Crippen LogP contribution in [0, 0.1) is 0 Å². The molecule has 0 aliphatic carbocycles. The third-order valence-corrected chi connectivity index (χ3v) is 3.13. The first-order chi connectivity index (χ1) is 9.92. The largest absolute Gasteiger partial charge is 0.508 e. The van der Waals surface area contributed by atoms with Crippen molar-refractivity contribution >= 4 is 10.8 Å². The summed E-state index contributed by atoms with van der Waals surface area (Å²) in [5, 5.41) is 15.2. The van der Waals surface area contributed by atoms with Gasteiger partial charge >= 0.3 is 6.18 Å². The predicted molar refractivity (Wildman–Crippen MR) is 72.9 cm³/mol. The highest BCUT2D eigenvalue weighted by Crippen LogP contribution is 2.32. The lowest BCUT2D eigenvalue weighted by atomic mass is 10.0. The molecule has 3 rings (SSSR count). The molecule has 0 saturated heterocycles. The van der Waals surface area contributed by atoms with Gasteiger partial charge in [-0.05, 0) is 28.5 Å². The Balaban J connectivity index is 2.08. The second-order valence-electron chi connectivity index (χ2n) is 4.76. The fourth-order valence-electron chi connectivity index (χ4n) is 2.31. The quantitative estimate of drug-likeness (QED) is 0.776. The van der Waals surface area contributed by atoms with Crippen molar-refractivity contribution in [2.24, 2.45) is 0 Å². The van der Waals surface area contributed by atoms with Crippen LogP contribution in [0.1, 0.15) is 0 Å². The zero-order chi connectivity index (χ0) is 15.0. The summed E-state index contributed by atoms with van der Waals surface area (Å²) in [7, 11) is 0. The highest BCUT2D eigenvalue weighted by molar-refractivity contribution is 5.97. The Morgan fingerprint density at radius 2 is 1.90 bits per heavy atom. The van der Waals surface area contributed by atoms with E-state index in [9.17, 15) is 18.3 Å². The molecule has 0 fully saturated rings. The molecule has 0 aliphatic rings. The third-order valence-electron chi connectivity index (χ3n) is 3.13. The van der Waals surface area contributed by atoms with Crippen LogP contribution in [-0.2, 0) is 6.54 Å². The van der Waals surface area contributed by atoms with E-state index in [1.54, 1.807) is 6.07 Å². The number of aromatic hydroxyl groups is 1. The van der Waals surface area contributed by atoms with Gasteiger partial charge in [0.1, 0.15) is 12.3 Å². The number of fused-ring (bicyclic) bond motifs is 1. The molecule has 0 spiro atoms. The van der Waals surface area contributed by atoms with Crippen LogP contribution < -0.4 is 0 Å². The zero-order valence-electron chi connectivity index (χ0n) is 10.8. The molecule has 0 radical (unpaired) electrons. The molecule has 0 unspecified atom stereocenters.